The molecule has 4 nitrogen and oxygen atoms in total. The van der Waals surface area contributed by atoms with Gasteiger partial charge in [-0.1, -0.05) is 6.07 Å². The van der Waals surface area contributed by atoms with Crippen molar-refractivity contribution in [2.75, 3.05) is 14.2 Å². The molecule has 0 aliphatic carbocycles. The molecule has 0 saturated heterocycles. The molecule has 0 spiro atoms. The Morgan fingerprint density at radius 1 is 1.36 bits per heavy atom. The van der Waals surface area contributed by atoms with Crippen LogP contribution >= 0.6 is 0 Å². The third kappa shape index (κ3) is 1.94. The molecule has 5 heteroatoms. The Labute approximate surface area is 81.2 Å². The van der Waals surface area contributed by atoms with Crippen LogP contribution in [0.3, 0.4) is 0 Å². The van der Waals surface area contributed by atoms with E-state index in [1.807, 2.05) is 5.48 Å². The van der Waals surface area contributed by atoms with Crippen molar-refractivity contribution in [3.63, 3.8) is 0 Å². The number of hydrogen-bond donors (Lipinski definition) is 2. The van der Waals surface area contributed by atoms with Crippen LogP contribution in [0.25, 0.3) is 0 Å². The topological polar surface area (TPSA) is 50.7 Å². The van der Waals surface area contributed by atoms with Gasteiger partial charge in [0.1, 0.15) is 0 Å². The Morgan fingerprint density at radius 2 is 2.07 bits per heavy atom. The molecular weight excluding hydrogens is 189 g/mol. The van der Waals surface area contributed by atoms with Crippen LogP contribution in [0.4, 0.5) is 4.39 Å². The van der Waals surface area contributed by atoms with Gasteiger partial charge < -0.3 is 14.7 Å². The van der Waals surface area contributed by atoms with Gasteiger partial charge in [0, 0.05) is 12.1 Å². The van der Waals surface area contributed by atoms with Gasteiger partial charge in [0.2, 0.25) is 5.82 Å². The van der Waals surface area contributed by atoms with Gasteiger partial charge in [-0.15, -0.1) is 0 Å². The molecule has 0 bridgehead atoms. The minimum absolute atomic E-state index is 0.0749. The number of ether oxygens (including phenoxy) is 2. The maximum Gasteiger partial charge on any atom is 0.207 e. The Hall–Kier alpha value is -1.33. The molecule has 0 amide bonds. The van der Waals surface area contributed by atoms with Crippen molar-refractivity contribution >= 4 is 0 Å². The Morgan fingerprint density at radius 3 is 2.57 bits per heavy atom. The maximum absolute atomic E-state index is 13.5. The molecule has 0 unspecified atom stereocenters. The molecule has 0 saturated carbocycles. The molecule has 0 atom stereocenters. The van der Waals surface area contributed by atoms with Crippen molar-refractivity contribution in [2.24, 2.45) is 0 Å². The first kappa shape index (κ1) is 10.7. The van der Waals surface area contributed by atoms with Crippen LogP contribution < -0.4 is 15.0 Å². The molecule has 14 heavy (non-hydrogen) atoms. The maximum atomic E-state index is 13.5. The first-order valence-corrected chi connectivity index (χ1v) is 4.01. The molecule has 1 rings (SSSR count). The number of methoxy groups -OCH3 is 2. The fraction of sp³-hybridized carbons (Fsp3) is 0.333. The predicted molar refractivity (Wildman–Crippen MR) is 48.1 cm³/mol. The fourth-order valence-corrected chi connectivity index (χ4v) is 1.18. The van der Waals surface area contributed by atoms with Gasteiger partial charge in [-0.3, -0.25) is 0 Å². The standard InChI is InChI=1S/C9H12FNO3/c1-13-7-4-3-6(5-11-12)9(14-2)8(7)10/h3-4,11-12H,5H2,1-2H3. The van der Waals surface area contributed by atoms with Crippen LogP contribution in [-0.2, 0) is 6.54 Å². The number of hydrogen-bond acceptors (Lipinski definition) is 4. The number of benzene rings is 1. The lowest BCUT2D eigenvalue weighted by molar-refractivity contribution is 0.159. The van der Waals surface area contributed by atoms with Crippen molar-refractivity contribution in [1.82, 2.24) is 5.48 Å². The van der Waals surface area contributed by atoms with E-state index in [1.165, 1.54) is 20.3 Å². The molecule has 2 N–H and O–H groups in total. The number of halogens is 1. The molecule has 1 aromatic carbocycles. The van der Waals surface area contributed by atoms with Gasteiger partial charge in [0.25, 0.3) is 0 Å². The largest absolute Gasteiger partial charge is 0.494 e. The summed E-state index contributed by atoms with van der Waals surface area (Å²) >= 11 is 0. The summed E-state index contributed by atoms with van der Waals surface area (Å²) in [4.78, 5) is 0. The van der Waals surface area contributed by atoms with Gasteiger partial charge in [-0.05, 0) is 6.07 Å². The second kappa shape index (κ2) is 4.78. The normalized spacial score (nSPS) is 10.0. The van der Waals surface area contributed by atoms with Crippen LogP contribution in [0.15, 0.2) is 12.1 Å². The second-order valence-electron chi connectivity index (χ2n) is 2.61. The van der Waals surface area contributed by atoms with E-state index in [9.17, 15) is 4.39 Å². The van der Waals surface area contributed by atoms with Crippen molar-refractivity contribution in [1.29, 1.82) is 0 Å². The summed E-state index contributed by atoms with van der Waals surface area (Å²) < 4.78 is 23.1. The summed E-state index contributed by atoms with van der Waals surface area (Å²) in [6.45, 7) is 0.115. The zero-order valence-corrected chi connectivity index (χ0v) is 8.00. The van der Waals surface area contributed by atoms with Crippen LogP contribution in [0, 0.1) is 5.82 Å². The molecule has 0 aromatic heterocycles. The van der Waals surface area contributed by atoms with Crippen molar-refractivity contribution < 1.29 is 19.1 Å². The zero-order chi connectivity index (χ0) is 10.6. The van der Waals surface area contributed by atoms with E-state index in [4.69, 9.17) is 14.7 Å². The summed E-state index contributed by atoms with van der Waals surface area (Å²) in [5.41, 5.74) is 2.46. The van der Waals surface area contributed by atoms with Gasteiger partial charge in [0.05, 0.1) is 14.2 Å². The van der Waals surface area contributed by atoms with Crippen molar-refractivity contribution in [3.8, 4) is 11.5 Å². The average Bonchev–Trinajstić information content (AvgIpc) is 2.19. The summed E-state index contributed by atoms with van der Waals surface area (Å²) in [7, 11) is 2.74. The lowest BCUT2D eigenvalue weighted by Gasteiger charge is -2.11. The highest BCUT2D eigenvalue weighted by Crippen LogP contribution is 2.29. The quantitative estimate of drug-likeness (QED) is 0.721. The highest BCUT2D eigenvalue weighted by molar-refractivity contribution is 5.42. The van der Waals surface area contributed by atoms with Crippen LogP contribution in [0.5, 0.6) is 11.5 Å². The Bertz CT molecular complexity index is 317. The van der Waals surface area contributed by atoms with Gasteiger partial charge >= 0.3 is 0 Å². The van der Waals surface area contributed by atoms with Crippen LogP contribution in [0.2, 0.25) is 0 Å². The number of rotatable bonds is 4. The Balaban J connectivity index is 3.14. The molecular formula is C9H12FNO3. The fourth-order valence-electron chi connectivity index (χ4n) is 1.18. The lowest BCUT2D eigenvalue weighted by Crippen LogP contribution is -2.08. The minimum atomic E-state index is -0.567. The van der Waals surface area contributed by atoms with Crippen molar-refractivity contribution in [2.45, 2.75) is 6.54 Å². The van der Waals surface area contributed by atoms with E-state index < -0.39 is 5.82 Å². The molecule has 0 radical (unpaired) electrons. The third-order valence-electron chi connectivity index (χ3n) is 1.84. The second-order valence-corrected chi connectivity index (χ2v) is 2.61. The molecule has 0 aliphatic rings. The molecule has 0 fully saturated rings. The summed E-state index contributed by atoms with van der Waals surface area (Å²) in [5, 5.41) is 8.50. The van der Waals surface area contributed by atoms with Crippen molar-refractivity contribution in [3.05, 3.63) is 23.5 Å². The highest BCUT2D eigenvalue weighted by atomic mass is 19.1. The first-order valence-electron chi connectivity index (χ1n) is 4.01. The van der Waals surface area contributed by atoms with E-state index in [1.54, 1.807) is 6.07 Å². The third-order valence-corrected chi connectivity index (χ3v) is 1.84. The zero-order valence-electron chi connectivity index (χ0n) is 8.00. The highest BCUT2D eigenvalue weighted by Gasteiger charge is 2.13. The molecule has 0 heterocycles. The van der Waals surface area contributed by atoms with E-state index in [0.29, 0.717) is 5.56 Å². The number of nitrogens with one attached hydrogen (secondary N) is 1. The van der Waals surface area contributed by atoms with Crippen LogP contribution in [0.1, 0.15) is 5.56 Å². The van der Waals surface area contributed by atoms with E-state index in [-0.39, 0.29) is 18.0 Å². The Kier molecular flexibility index (Phi) is 3.67. The van der Waals surface area contributed by atoms with E-state index in [0.717, 1.165) is 0 Å². The van der Waals surface area contributed by atoms with Gasteiger partial charge in [-0.25, -0.2) is 5.48 Å². The molecule has 78 valence electrons. The van der Waals surface area contributed by atoms with E-state index >= 15 is 0 Å². The van der Waals surface area contributed by atoms with Gasteiger partial charge in [0.15, 0.2) is 11.5 Å². The van der Waals surface area contributed by atoms with Crippen LogP contribution in [-0.4, -0.2) is 19.4 Å². The molecule has 0 aliphatic heterocycles. The smallest absolute Gasteiger partial charge is 0.207 e. The SMILES string of the molecule is COc1ccc(CNO)c(OC)c1F. The molecule has 1 aromatic rings. The predicted octanol–water partition coefficient (Wildman–Crippen LogP) is 1.32. The minimum Gasteiger partial charge on any atom is -0.494 e. The number of hydroxylamine groups is 1. The average molecular weight is 201 g/mol. The van der Waals surface area contributed by atoms with Gasteiger partial charge in [-0.2, -0.15) is 4.39 Å². The monoisotopic (exact) mass is 201 g/mol. The summed E-state index contributed by atoms with van der Waals surface area (Å²) in [6, 6.07) is 3.09. The first-order chi connectivity index (χ1) is 6.74. The van der Waals surface area contributed by atoms with E-state index in [2.05, 4.69) is 0 Å². The summed E-state index contributed by atoms with van der Waals surface area (Å²) in [5.74, 6) is -0.378. The summed E-state index contributed by atoms with van der Waals surface area (Å²) in [6.07, 6.45) is 0. The lowest BCUT2D eigenvalue weighted by atomic mass is 10.2.